The highest BCUT2D eigenvalue weighted by Crippen LogP contribution is 2.29. The maximum Gasteiger partial charge on any atom is 0.286 e. The smallest absolute Gasteiger partial charge is 0.286 e. The maximum absolute atomic E-state index is 12.6. The lowest BCUT2D eigenvalue weighted by atomic mass is 10.2. The van der Waals surface area contributed by atoms with Crippen LogP contribution in [0, 0.1) is 0 Å². The molecule has 0 spiro atoms. The number of carbonyl (C=O) groups excluding carboxylic acids is 2. The molecule has 6 heteroatoms. The van der Waals surface area contributed by atoms with Crippen LogP contribution in [0.3, 0.4) is 0 Å². The third-order valence-electron chi connectivity index (χ3n) is 4.42. The van der Waals surface area contributed by atoms with E-state index in [1.165, 1.54) is 17.7 Å². The lowest BCUT2D eigenvalue weighted by Gasteiger charge is -2.14. The third-order valence-corrected chi connectivity index (χ3v) is 5.53. The Kier molecular flexibility index (Phi) is 6.40. The molecule has 1 saturated carbocycles. The predicted octanol–water partition coefficient (Wildman–Crippen LogP) is 5.03. The highest BCUT2D eigenvalue weighted by Gasteiger charge is 2.17. The van der Waals surface area contributed by atoms with Gasteiger partial charge in [-0.25, -0.2) is 0 Å². The zero-order valence-corrected chi connectivity index (χ0v) is 16.4. The quantitative estimate of drug-likeness (QED) is 0.734. The molecule has 0 heterocycles. The van der Waals surface area contributed by atoms with Crippen molar-refractivity contribution in [3.05, 3.63) is 54.1 Å². The molecule has 0 bridgehead atoms. The zero-order valence-electron chi connectivity index (χ0n) is 15.6. The Bertz CT molecular complexity index is 799. The second-order valence-electron chi connectivity index (χ2n) is 6.76. The maximum atomic E-state index is 12.6. The molecule has 2 aromatic carbocycles. The molecule has 0 saturated heterocycles. The Labute approximate surface area is 164 Å². The molecule has 1 N–H and O–H groups in total. The highest BCUT2D eigenvalue weighted by atomic mass is 32.2. The van der Waals surface area contributed by atoms with Crippen LogP contribution in [0.1, 0.15) is 36.0 Å². The Morgan fingerprint density at radius 2 is 1.70 bits per heavy atom. The van der Waals surface area contributed by atoms with E-state index in [4.69, 9.17) is 4.74 Å². The van der Waals surface area contributed by atoms with Crippen LogP contribution in [-0.2, 0) is 0 Å². The molecule has 27 heavy (non-hydrogen) atoms. The largest absolute Gasteiger partial charge is 0.490 e. The van der Waals surface area contributed by atoms with Gasteiger partial charge in [-0.3, -0.25) is 9.59 Å². The van der Waals surface area contributed by atoms with Gasteiger partial charge >= 0.3 is 0 Å². The van der Waals surface area contributed by atoms with Crippen LogP contribution in [0.5, 0.6) is 5.75 Å². The van der Waals surface area contributed by atoms with E-state index < -0.39 is 0 Å². The monoisotopic (exact) mass is 384 g/mol. The summed E-state index contributed by atoms with van der Waals surface area (Å²) in [5.41, 5.74) is 1.17. The van der Waals surface area contributed by atoms with Gasteiger partial charge in [0.25, 0.3) is 11.1 Å². The fraction of sp³-hybridized carbons (Fsp3) is 0.333. The van der Waals surface area contributed by atoms with Crippen molar-refractivity contribution in [2.45, 2.75) is 36.7 Å². The molecule has 1 fully saturated rings. The van der Waals surface area contributed by atoms with Crippen molar-refractivity contribution < 1.29 is 14.3 Å². The minimum atomic E-state index is -0.215. The number of rotatable bonds is 5. The van der Waals surface area contributed by atoms with Crippen LogP contribution in [-0.4, -0.2) is 36.2 Å². The number of carbonyl (C=O) groups is 2. The fourth-order valence-electron chi connectivity index (χ4n) is 2.92. The third kappa shape index (κ3) is 5.26. The van der Waals surface area contributed by atoms with Crippen LogP contribution in [0.25, 0.3) is 0 Å². The van der Waals surface area contributed by atoms with Gasteiger partial charge < -0.3 is 15.0 Å². The van der Waals surface area contributed by atoms with Crippen LogP contribution in [0.2, 0.25) is 0 Å². The summed E-state index contributed by atoms with van der Waals surface area (Å²) < 4.78 is 5.94. The Morgan fingerprint density at radius 3 is 2.37 bits per heavy atom. The average Bonchev–Trinajstić information content (AvgIpc) is 3.16. The molecule has 1 aliphatic rings. The van der Waals surface area contributed by atoms with Crippen molar-refractivity contribution >= 4 is 28.6 Å². The van der Waals surface area contributed by atoms with E-state index in [0.717, 1.165) is 30.4 Å². The van der Waals surface area contributed by atoms with Crippen LogP contribution in [0.15, 0.2) is 53.4 Å². The Hall–Kier alpha value is -2.47. The molecule has 0 radical (unpaired) electrons. The minimum Gasteiger partial charge on any atom is -0.490 e. The molecule has 0 aliphatic heterocycles. The summed E-state index contributed by atoms with van der Waals surface area (Å²) in [6.45, 7) is 0. The summed E-state index contributed by atoms with van der Waals surface area (Å²) in [6, 6.07) is 14.5. The summed E-state index contributed by atoms with van der Waals surface area (Å²) in [6.07, 6.45) is 4.94. The number of nitrogens with one attached hydrogen (secondary N) is 1. The molecule has 2 amide bonds. The number of nitrogens with zero attached hydrogens (tertiary/aromatic N) is 1. The van der Waals surface area contributed by atoms with Gasteiger partial charge in [-0.1, -0.05) is 12.1 Å². The normalized spacial score (nSPS) is 14.0. The van der Waals surface area contributed by atoms with E-state index in [0.29, 0.717) is 22.3 Å². The molecule has 3 rings (SSSR count). The van der Waals surface area contributed by atoms with E-state index in [1.807, 2.05) is 30.3 Å². The van der Waals surface area contributed by atoms with E-state index in [2.05, 4.69) is 5.32 Å². The van der Waals surface area contributed by atoms with Crippen molar-refractivity contribution in [3.63, 3.8) is 0 Å². The highest BCUT2D eigenvalue weighted by molar-refractivity contribution is 8.13. The first-order valence-corrected chi connectivity index (χ1v) is 9.91. The van der Waals surface area contributed by atoms with Gasteiger partial charge in [0, 0.05) is 24.6 Å². The summed E-state index contributed by atoms with van der Waals surface area (Å²) in [5.74, 6) is 0.582. The van der Waals surface area contributed by atoms with Gasteiger partial charge in [-0.15, -0.1) is 0 Å². The van der Waals surface area contributed by atoms with Crippen LogP contribution < -0.4 is 10.1 Å². The van der Waals surface area contributed by atoms with Crippen molar-refractivity contribution in [2.24, 2.45) is 0 Å². The van der Waals surface area contributed by atoms with Crippen molar-refractivity contribution in [1.82, 2.24) is 4.90 Å². The molecule has 0 aromatic heterocycles. The van der Waals surface area contributed by atoms with Gasteiger partial charge in [0.1, 0.15) is 5.75 Å². The van der Waals surface area contributed by atoms with Gasteiger partial charge in [-0.2, -0.15) is 0 Å². The van der Waals surface area contributed by atoms with E-state index in [-0.39, 0.29) is 11.1 Å². The molecule has 2 aromatic rings. The molecule has 142 valence electrons. The lowest BCUT2D eigenvalue weighted by Crippen LogP contribution is -2.17. The average molecular weight is 385 g/mol. The first kappa shape index (κ1) is 19.3. The number of ether oxygens (including phenoxy) is 1. The van der Waals surface area contributed by atoms with Crippen molar-refractivity contribution in [3.8, 4) is 5.75 Å². The molecule has 0 atom stereocenters. The predicted molar refractivity (Wildman–Crippen MR) is 109 cm³/mol. The summed E-state index contributed by atoms with van der Waals surface area (Å²) in [7, 11) is 3.40. The topological polar surface area (TPSA) is 58.6 Å². The number of anilines is 1. The van der Waals surface area contributed by atoms with Gasteiger partial charge in [0.05, 0.1) is 11.8 Å². The first-order chi connectivity index (χ1) is 13.0. The SMILES string of the molecule is CN(C)C(=O)Sc1ccccc1NC(=O)c1ccc(OC2CCCC2)cc1. The zero-order chi connectivity index (χ0) is 19.2. The van der Waals surface area contributed by atoms with E-state index in [9.17, 15) is 9.59 Å². The standard InChI is InChI=1S/C21H24N2O3S/c1-23(2)21(25)27-19-10-6-5-9-18(19)22-20(24)15-11-13-17(14-12-15)26-16-7-3-4-8-16/h5-6,9-14,16H,3-4,7-8H2,1-2H3,(H,22,24). The number of thioether (sulfide) groups is 1. The fourth-order valence-corrected chi connectivity index (χ4v) is 3.67. The van der Waals surface area contributed by atoms with E-state index in [1.54, 1.807) is 32.3 Å². The number of para-hydroxylation sites is 1. The van der Waals surface area contributed by atoms with Crippen LogP contribution >= 0.6 is 11.8 Å². The first-order valence-electron chi connectivity index (χ1n) is 9.09. The lowest BCUT2D eigenvalue weighted by molar-refractivity contribution is 0.102. The molecular formula is C21H24N2O3S. The number of hydrogen-bond donors (Lipinski definition) is 1. The molecular weight excluding hydrogens is 360 g/mol. The van der Waals surface area contributed by atoms with Gasteiger partial charge in [0.15, 0.2) is 0 Å². The second-order valence-corrected chi connectivity index (χ2v) is 7.75. The summed E-state index contributed by atoms with van der Waals surface area (Å²) in [4.78, 5) is 26.8. The number of benzene rings is 2. The Balaban J connectivity index is 1.65. The number of hydrogen-bond acceptors (Lipinski definition) is 4. The minimum absolute atomic E-state index is 0.0925. The summed E-state index contributed by atoms with van der Waals surface area (Å²) >= 11 is 1.09. The molecule has 0 unspecified atom stereocenters. The van der Waals surface area contributed by atoms with Gasteiger partial charge in [0.2, 0.25) is 0 Å². The molecule has 5 nitrogen and oxygen atoms in total. The van der Waals surface area contributed by atoms with E-state index >= 15 is 0 Å². The van der Waals surface area contributed by atoms with Crippen LogP contribution in [0.4, 0.5) is 10.5 Å². The number of amides is 2. The van der Waals surface area contributed by atoms with Crippen molar-refractivity contribution in [1.29, 1.82) is 0 Å². The summed E-state index contributed by atoms with van der Waals surface area (Å²) in [5, 5.41) is 2.80. The second kappa shape index (κ2) is 8.95. The Morgan fingerprint density at radius 1 is 1.04 bits per heavy atom. The van der Waals surface area contributed by atoms with Gasteiger partial charge in [-0.05, 0) is 73.8 Å². The molecule has 1 aliphatic carbocycles. The van der Waals surface area contributed by atoms with Crippen molar-refractivity contribution in [2.75, 3.05) is 19.4 Å².